The lowest BCUT2D eigenvalue weighted by Gasteiger charge is -2.19. The number of nitrogens with zero attached hydrogens (tertiary/aromatic N) is 1. The van der Waals surface area contributed by atoms with Gasteiger partial charge in [0.05, 0.1) is 13.5 Å². The molecule has 4 heteroatoms. The summed E-state index contributed by atoms with van der Waals surface area (Å²) in [5, 5.41) is 3.00. The summed E-state index contributed by atoms with van der Waals surface area (Å²) in [5.74, 6) is 0.874. The van der Waals surface area contributed by atoms with Gasteiger partial charge in [-0.2, -0.15) is 0 Å². The number of methoxy groups -OCH3 is 1. The van der Waals surface area contributed by atoms with Gasteiger partial charge in [0.2, 0.25) is 5.91 Å². The van der Waals surface area contributed by atoms with Crippen LogP contribution in [0.2, 0.25) is 0 Å². The normalized spacial score (nSPS) is 10.4. The van der Waals surface area contributed by atoms with E-state index in [4.69, 9.17) is 4.74 Å². The van der Waals surface area contributed by atoms with Crippen LogP contribution < -0.4 is 15.0 Å². The molecule has 3 aromatic carbocycles. The third-order valence-corrected chi connectivity index (χ3v) is 4.71. The van der Waals surface area contributed by atoms with Crippen molar-refractivity contribution in [3.8, 4) is 16.9 Å². The van der Waals surface area contributed by atoms with Crippen LogP contribution in [0.25, 0.3) is 11.1 Å². The average Bonchev–Trinajstić information content (AvgIpc) is 2.75. The summed E-state index contributed by atoms with van der Waals surface area (Å²) < 4.78 is 5.18. The molecule has 0 unspecified atom stereocenters. The molecule has 0 fully saturated rings. The fourth-order valence-electron chi connectivity index (χ4n) is 3.02. The van der Waals surface area contributed by atoms with Gasteiger partial charge in [0.15, 0.2) is 0 Å². The molecule has 0 aromatic heterocycles. The molecule has 1 amide bonds. The van der Waals surface area contributed by atoms with Gasteiger partial charge >= 0.3 is 0 Å². The maximum atomic E-state index is 12.2. The van der Waals surface area contributed by atoms with Crippen molar-refractivity contribution in [2.24, 2.45) is 0 Å². The molecule has 3 aromatic rings. The van der Waals surface area contributed by atoms with Gasteiger partial charge in [-0.3, -0.25) is 4.79 Å². The predicted molar refractivity (Wildman–Crippen MR) is 115 cm³/mol. The summed E-state index contributed by atoms with van der Waals surface area (Å²) in [6, 6.07) is 26.3. The van der Waals surface area contributed by atoms with Gasteiger partial charge in [0.25, 0.3) is 0 Å². The molecular weight excluding hydrogens is 348 g/mol. The van der Waals surface area contributed by atoms with Crippen LogP contribution in [0, 0.1) is 0 Å². The number of benzene rings is 3. The number of hydrogen-bond acceptors (Lipinski definition) is 3. The zero-order valence-electron chi connectivity index (χ0n) is 16.4. The minimum atomic E-state index is 0.0376. The van der Waals surface area contributed by atoms with Crippen LogP contribution in [0.4, 0.5) is 5.69 Å². The molecule has 0 saturated heterocycles. The first kappa shape index (κ1) is 19.5. The van der Waals surface area contributed by atoms with Gasteiger partial charge < -0.3 is 15.0 Å². The van der Waals surface area contributed by atoms with Crippen molar-refractivity contribution < 1.29 is 9.53 Å². The summed E-state index contributed by atoms with van der Waals surface area (Å²) in [5.41, 5.74) is 4.44. The van der Waals surface area contributed by atoms with E-state index < -0.39 is 0 Å². The number of anilines is 1. The van der Waals surface area contributed by atoms with E-state index >= 15 is 0 Å². The zero-order valence-corrected chi connectivity index (χ0v) is 16.4. The van der Waals surface area contributed by atoms with E-state index in [1.807, 2.05) is 61.6 Å². The van der Waals surface area contributed by atoms with Gasteiger partial charge in [0, 0.05) is 25.8 Å². The largest absolute Gasteiger partial charge is 0.497 e. The third kappa shape index (κ3) is 5.36. The molecule has 1 N–H and O–H groups in total. The fourth-order valence-corrected chi connectivity index (χ4v) is 3.02. The van der Waals surface area contributed by atoms with Gasteiger partial charge in [-0.25, -0.2) is 0 Å². The van der Waals surface area contributed by atoms with E-state index in [0.717, 1.165) is 29.1 Å². The molecule has 0 aliphatic carbocycles. The highest BCUT2D eigenvalue weighted by Crippen LogP contribution is 2.19. The number of nitrogens with one attached hydrogen (secondary N) is 1. The Morgan fingerprint density at radius 2 is 1.54 bits per heavy atom. The van der Waals surface area contributed by atoms with E-state index in [1.54, 1.807) is 7.11 Å². The molecule has 0 spiro atoms. The lowest BCUT2D eigenvalue weighted by molar-refractivity contribution is -0.120. The second kappa shape index (κ2) is 9.60. The van der Waals surface area contributed by atoms with Crippen LogP contribution in [0.1, 0.15) is 5.56 Å². The number of likely N-dealkylation sites (N-methyl/N-ethyl adjacent to an activating group) is 1. The standard InChI is InChI=1S/C24H26N2O2/c1-26(22-12-14-23(28-2)15-13-22)17-16-25-24(27)18-19-8-10-21(11-9-19)20-6-4-3-5-7-20/h3-15H,16-18H2,1-2H3,(H,25,27). The van der Waals surface area contributed by atoms with E-state index in [9.17, 15) is 4.79 Å². The number of hydrogen-bond donors (Lipinski definition) is 1. The highest BCUT2D eigenvalue weighted by atomic mass is 16.5. The second-order valence-corrected chi connectivity index (χ2v) is 6.71. The minimum absolute atomic E-state index is 0.0376. The van der Waals surface area contributed by atoms with Crippen molar-refractivity contribution in [2.75, 3.05) is 32.1 Å². The highest BCUT2D eigenvalue weighted by molar-refractivity contribution is 5.79. The summed E-state index contributed by atoms with van der Waals surface area (Å²) in [7, 11) is 3.67. The minimum Gasteiger partial charge on any atom is -0.497 e. The maximum absolute atomic E-state index is 12.2. The Labute approximate surface area is 166 Å². The van der Waals surface area contributed by atoms with Crippen LogP contribution in [-0.4, -0.2) is 33.2 Å². The Bertz CT molecular complexity index is 875. The lowest BCUT2D eigenvalue weighted by Crippen LogP contribution is -2.33. The molecule has 0 bridgehead atoms. The molecule has 0 radical (unpaired) electrons. The first-order chi connectivity index (χ1) is 13.7. The molecule has 144 valence electrons. The van der Waals surface area contributed by atoms with Gasteiger partial charge in [0.1, 0.15) is 5.75 Å². The van der Waals surface area contributed by atoms with Crippen LogP contribution >= 0.6 is 0 Å². The fraction of sp³-hybridized carbons (Fsp3) is 0.208. The van der Waals surface area contributed by atoms with E-state index in [2.05, 4.69) is 34.5 Å². The Kier molecular flexibility index (Phi) is 6.68. The Balaban J connectivity index is 1.45. The Morgan fingerprint density at radius 3 is 2.18 bits per heavy atom. The van der Waals surface area contributed by atoms with Crippen LogP contribution in [-0.2, 0) is 11.2 Å². The average molecular weight is 374 g/mol. The molecule has 0 heterocycles. The summed E-state index contributed by atoms with van der Waals surface area (Å²) >= 11 is 0. The topological polar surface area (TPSA) is 41.6 Å². The second-order valence-electron chi connectivity index (χ2n) is 6.71. The number of carbonyl (C=O) groups excluding carboxylic acids is 1. The van der Waals surface area contributed by atoms with Crippen molar-refractivity contribution in [1.82, 2.24) is 5.32 Å². The van der Waals surface area contributed by atoms with Crippen molar-refractivity contribution in [3.63, 3.8) is 0 Å². The third-order valence-electron chi connectivity index (χ3n) is 4.71. The summed E-state index contributed by atoms with van der Waals surface area (Å²) in [4.78, 5) is 14.3. The van der Waals surface area contributed by atoms with Gasteiger partial charge in [-0.15, -0.1) is 0 Å². The lowest BCUT2D eigenvalue weighted by atomic mass is 10.0. The van der Waals surface area contributed by atoms with E-state index in [0.29, 0.717) is 13.0 Å². The molecule has 3 rings (SSSR count). The Morgan fingerprint density at radius 1 is 0.893 bits per heavy atom. The Hall–Kier alpha value is -3.27. The molecule has 28 heavy (non-hydrogen) atoms. The van der Waals surface area contributed by atoms with Gasteiger partial charge in [-0.1, -0.05) is 54.6 Å². The first-order valence-corrected chi connectivity index (χ1v) is 9.42. The maximum Gasteiger partial charge on any atom is 0.224 e. The molecule has 0 atom stereocenters. The molecule has 4 nitrogen and oxygen atoms in total. The summed E-state index contributed by atoms with van der Waals surface area (Å²) in [6.45, 7) is 1.34. The SMILES string of the molecule is COc1ccc(N(C)CCNC(=O)Cc2ccc(-c3ccccc3)cc2)cc1. The smallest absolute Gasteiger partial charge is 0.224 e. The highest BCUT2D eigenvalue weighted by Gasteiger charge is 2.06. The number of rotatable bonds is 8. The molecule has 0 aliphatic rings. The summed E-state index contributed by atoms with van der Waals surface area (Å²) in [6.07, 6.45) is 0.390. The van der Waals surface area contributed by atoms with Crippen molar-refractivity contribution in [3.05, 3.63) is 84.4 Å². The number of amides is 1. The predicted octanol–water partition coefficient (Wildman–Crippen LogP) is 4.16. The van der Waals surface area contributed by atoms with E-state index in [1.165, 1.54) is 5.56 Å². The zero-order chi connectivity index (χ0) is 19.8. The number of ether oxygens (including phenoxy) is 1. The van der Waals surface area contributed by atoms with Crippen molar-refractivity contribution in [2.45, 2.75) is 6.42 Å². The quantitative estimate of drug-likeness (QED) is 0.644. The van der Waals surface area contributed by atoms with Crippen molar-refractivity contribution >= 4 is 11.6 Å². The van der Waals surface area contributed by atoms with Crippen LogP contribution in [0.3, 0.4) is 0 Å². The molecular formula is C24H26N2O2. The number of carbonyl (C=O) groups is 1. The van der Waals surface area contributed by atoms with Crippen LogP contribution in [0.5, 0.6) is 5.75 Å². The monoisotopic (exact) mass is 374 g/mol. The molecule has 0 aliphatic heterocycles. The van der Waals surface area contributed by atoms with E-state index in [-0.39, 0.29) is 5.91 Å². The van der Waals surface area contributed by atoms with Gasteiger partial charge in [-0.05, 0) is 41.0 Å². The van der Waals surface area contributed by atoms with Crippen molar-refractivity contribution in [1.29, 1.82) is 0 Å². The van der Waals surface area contributed by atoms with Crippen LogP contribution in [0.15, 0.2) is 78.9 Å². The first-order valence-electron chi connectivity index (χ1n) is 9.42. The molecule has 0 saturated carbocycles.